The summed E-state index contributed by atoms with van der Waals surface area (Å²) in [4.78, 5) is 21.8. The van der Waals surface area contributed by atoms with E-state index in [1.165, 1.54) is 6.07 Å². The topological polar surface area (TPSA) is 67.3 Å². The molecule has 0 aliphatic carbocycles. The highest BCUT2D eigenvalue weighted by Gasteiger charge is 2.32. The van der Waals surface area contributed by atoms with Crippen LogP contribution in [0.2, 0.25) is 0 Å². The minimum Gasteiger partial charge on any atom is -0.439 e. The second kappa shape index (κ2) is 10.1. The first-order valence-electron chi connectivity index (χ1n) is 11.0. The number of pyridine rings is 2. The van der Waals surface area contributed by atoms with Crippen molar-refractivity contribution >= 4 is 11.7 Å². The number of urea groups is 1. The number of rotatable bonds is 5. The van der Waals surface area contributed by atoms with Crippen LogP contribution in [0.4, 0.5) is 23.7 Å². The summed E-state index contributed by atoms with van der Waals surface area (Å²) in [5, 5.41) is 2.62. The molecule has 3 aromatic rings. The van der Waals surface area contributed by atoms with E-state index in [-0.39, 0.29) is 13.1 Å². The number of carbonyl (C=O) groups excluding carboxylic acids is 1. The Kier molecular flexibility index (Phi) is 7.00. The molecule has 9 heteroatoms. The first-order valence-corrected chi connectivity index (χ1v) is 11.0. The third-order valence-corrected chi connectivity index (χ3v) is 5.74. The highest BCUT2D eigenvalue weighted by Crippen LogP contribution is 2.28. The predicted octanol–water partition coefficient (Wildman–Crippen LogP) is 6.33. The number of alkyl halides is 3. The summed E-state index contributed by atoms with van der Waals surface area (Å²) in [6, 6.07) is 13.4. The summed E-state index contributed by atoms with van der Waals surface area (Å²) in [6.45, 7) is 3.13. The maximum atomic E-state index is 12.6. The standard InChI is InChI=1S/C25H25F3N4O2.H2/c1-17-5-8-23(30-15-17)34-21-4-2-3-19(14-21)13-18-9-11-32(12-10-18)24(33)31-20-6-7-22(29-16-20)25(26,27)28;/h2-8,14-16,18H,9-13H2,1H3,(H,31,33);1H. The summed E-state index contributed by atoms with van der Waals surface area (Å²) in [6.07, 6.45) is 0.822. The summed E-state index contributed by atoms with van der Waals surface area (Å²) < 4.78 is 43.7. The van der Waals surface area contributed by atoms with Crippen molar-refractivity contribution in [1.29, 1.82) is 0 Å². The number of likely N-dealkylation sites (tertiary alicyclic amines) is 1. The molecular weight excluding hydrogens is 445 g/mol. The molecular formula is C25H27F3N4O2. The number of hydrogen-bond donors (Lipinski definition) is 1. The lowest BCUT2D eigenvalue weighted by Gasteiger charge is -2.32. The second-order valence-electron chi connectivity index (χ2n) is 8.42. The van der Waals surface area contributed by atoms with Gasteiger partial charge in [0.2, 0.25) is 5.88 Å². The van der Waals surface area contributed by atoms with Crippen LogP contribution in [0.25, 0.3) is 0 Å². The van der Waals surface area contributed by atoms with Crippen LogP contribution in [0, 0.1) is 12.8 Å². The largest absolute Gasteiger partial charge is 0.439 e. The predicted molar refractivity (Wildman–Crippen MR) is 124 cm³/mol. The van der Waals surface area contributed by atoms with Gasteiger partial charge in [-0.3, -0.25) is 0 Å². The van der Waals surface area contributed by atoms with E-state index in [9.17, 15) is 18.0 Å². The molecule has 0 bridgehead atoms. The van der Waals surface area contributed by atoms with Gasteiger partial charge in [-0.2, -0.15) is 13.2 Å². The van der Waals surface area contributed by atoms with Crippen LogP contribution in [0.5, 0.6) is 11.6 Å². The number of carbonyl (C=O) groups is 1. The number of aryl methyl sites for hydroxylation is 1. The number of halogens is 3. The Hall–Kier alpha value is -3.62. The van der Waals surface area contributed by atoms with E-state index in [1.54, 1.807) is 11.1 Å². The zero-order valence-electron chi connectivity index (χ0n) is 18.7. The van der Waals surface area contributed by atoms with Gasteiger partial charge in [-0.1, -0.05) is 18.2 Å². The number of ether oxygens (including phenoxy) is 1. The number of benzene rings is 1. The fraction of sp³-hybridized carbons (Fsp3) is 0.320. The average Bonchev–Trinajstić information content (AvgIpc) is 2.81. The van der Waals surface area contributed by atoms with Gasteiger partial charge in [0.1, 0.15) is 11.4 Å². The number of anilines is 1. The van der Waals surface area contributed by atoms with E-state index >= 15 is 0 Å². The molecule has 1 aromatic carbocycles. The van der Waals surface area contributed by atoms with Crippen molar-refractivity contribution in [2.75, 3.05) is 18.4 Å². The summed E-state index contributed by atoms with van der Waals surface area (Å²) >= 11 is 0. The molecule has 0 unspecified atom stereocenters. The normalized spacial score (nSPS) is 14.6. The van der Waals surface area contributed by atoms with Gasteiger partial charge in [0, 0.05) is 26.8 Å². The van der Waals surface area contributed by atoms with Crippen molar-refractivity contribution in [1.82, 2.24) is 14.9 Å². The van der Waals surface area contributed by atoms with Crippen LogP contribution in [0.15, 0.2) is 60.9 Å². The zero-order chi connectivity index (χ0) is 24.1. The lowest BCUT2D eigenvalue weighted by Crippen LogP contribution is -2.41. The van der Waals surface area contributed by atoms with E-state index in [1.807, 2.05) is 37.3 Å². The lowest BCUT2D eigenvalue weighted by atomic mass is 9.90. The Bertz CT molecular complexity index is 1120. The second-order valence-corrected chi connectivity index (χ2v) is 8.42. The van der Waals surface area contributed by atoms with Gasteiger partial charge < -0.3 is 15.0 Å². The molecule has 34 heavy (non-hydrogen) atoms. The van der Waals surface area contributed by atoms with Crippen LogP contribution >= 0.6 is 0 Å². The fourth-order valence-corrected chi connectivity index (χ4v) is 3.88. The van der Waals surface area contributed by atoms with Crippen LogP contribution in [-0.4, -0.2) is 34.0 Å². The third kappa shape index (κ3) is 6.24. The van der Waals surface area contributed by atoms with E-state index in [0.29, 0.717) is 24.9 Å². The van der Waals surface area contributed by atoms with E-state index < -0.39 is 11.9 Å². The van der Waals surface area contributed by atoms with Crippen molar-refractivity contribution in [3.05, 3.63) is 77.7 Å². The quantitative estimate of drug-likeness (QED) is 0.471. The summed E-state index contributed by atoms with van der Waals surface area (Å²) in [5.41, 5.74) is 1.47. The molecule has 1 saturated heterocycles. The van der Waals surface area contributed by atoms with Gasteiger partial charge >= 0.3 is 12.2 Å². The number of aromatic nitrogens is 2. The molecule has 3 heterocycles. The van der Waals surface area contributed by atoms with Gasteiger partial charge in [0.05, 0.1) is 11.9 Å². The molecule has 4 rings (SSSR count). The van der Waals surface area contributed by atoms with Gasteiger partial charge in [-0.05, 0) is 67.5 Å². The van der Waals surface area contributed by atoms with E-state index in [4.69, 9.17) is 4.74 Å². The molecule has 1 N–H and O–H groups in total. The molecule has 180 valence electrons. The molecule has 2 amide bonds. The first kappa shape index (κ1) is 23.5. The van der Waals surface area contributed by atoms with Crippen LogP contribution in [-0.2, 0) is 12.6 Å². The smallest absolute Gasteiger partial charge is 0.433 e. The fourth-order valence-electron chi connectivity index (χ4n) is 3.88. The monoisotopic (exact) mass is 472 g/mol. The third-order valence-electron chi connectivity index (χ3n) is 5.74. The maximum absolute atomic E-state index is 12.6. The van der Waals surface area contributed by atoms with Gasteiger partial charge in [-0.15, -0.1) is 0 Å². The van der Waals surface area contributed by atoms with Crippen LogP contribution < -0.4 is 10.1 Å². The zero-order valence-corrected chi connectivity index (χ0v) is 18.7. The van der Waals surface area contributed by atoms with E-state index in [2.05, 4.69) is 21.4 Å². The molecule has 6 nitrogen and oxygen atoms in total. The number of nitrogens with zero attached hydrogens (tertiary/aromatic N) is 3. The molecule has 0 saturated carbocycles. The Morgan fingerprint density at radius 1 is 1.12 bits per heavy atom. The highest BCUT2D eigenvalue weighted by atomic mass is 19.4. The van der Waals surface area contributed by atoms with Crippen molar-refractivity contribution in [3.8, 4) is 11.6 Å². The van der Waals surface area contributed by atoms with Gasteiger partial charge in [0.25, 0.3) is 0 Å². The first-order chi connectivity index (χ1) is 16.3. The van der Waals surface area contributed by atoms with Gasteiger partial charge in [0.15, 0.2) is 0 Å². The average molecular weight is 473 g/mol. The minimum absolute atomic E-state index is 0. The highest BCUT2D eigenvalue weighted by molar-refractivity contribution is 5.89. The molecule has 1 fully saturated rings. The molecule has 1 aliphatic heterocycles. The van der Waals surface area contributed by atoms with Crippen molar-refractivity contribution in [3.63, 3.8) is 0 Å². The molecule has 1 aliphatic rings. The van der Waals surface area contributed by atoms with Crippen molar-refractivity contribution in [2.45, 2.75) is 32.4 Å². The number of nitrogens with one attached hydrogen (secondary N) is 1. The summed E-state index contributed by atoms with van der Waals surface area (Å²) in [7, 11) is 0. The molecule has 0 radical (unpaired) electrons. The minimum atomic E-state index is -4.51. The van der Waals surface area contributed by atoms with Crippen LogP contribution in [0.3, 0.4) is 0 Å². The Morgan fingerprint density at radius 2 is 1.91 bits per heavy atom. The van der Waals surface area contributed by atoms with Crippen molar-refractivity contribution < 1.29 is 24.1 Å². The Morgan fingerprint density at radius 3 is 2.56 bits per heavy atom. The lowest BCUT2D eigenvalue weighted by molar-refractivity contribution is -0.141. The Balaban J connectivity index is 0.00000342. The van der Waals surface area contributed by atoms with E-state index in [0.717, 1.165) is 48.4 Å². The Labute approximate surface area is 197 Å². The van der Waals surface area contributed by atoms with Gasteiger partial charge in [-0.25, -0.2) is 14.8 Å². The molecule has 0 atom stereocenters. The SMILES string of the molecule is Cc1ccc(Oc2cccc(CC3CCN(C(=O)Nc4ccc(C(F)(F)F)nc4)CC3)c2)nc1.[HH]. The molecule has 0 spiro atoms. The number of hydrogen-bond acceptors (Lipinski definition) is 4. The van der Waals surface area contributed by atoms with Crippen molar-refractivity contribution in [2.24, 2.45) is 5.92 Å². The number of piperidine rings is 1. The number of amides is 2. The maximum Gasteiger partial charge on any atom is 0.433 e. The molecule has 2 aromatic heterocycles. The summed E-state index contributed by atoms with van der Waals surface area (Å²) in [5.74, 6) is 1.70. The van der Waals surface area contributed by atoms with Crippen LogP contribution in [0.1, 0.15) is 31.1 Å².